The molecular weight excluding hydrogens is 416 g/mol. The van der Waals surface area contributed by atoms with Gasteiger partial charge in [-0.05, 0) is 48.7 Å². The second-order valence-electron chi connectivity index (χ2n) is 7.48. The van der Waals surface area contributed by atoms with Crippen LogP contribution in [0.15, 0.2) is 84.4 Å². The molecule has 0 aliphatic rings. The van der Waals surface area contributed by atoms with Gasteiger partial charge in [-0.1, -0.05) is 43.2 Å². The van der Waals surface area contributed by atoms with E-state index in [4.69, 9.17) is 15.4 Å². The summed E-state index contributed by atoms with van der Waals surface area (Å²) in [7, 11) is 0. The normalized spacial score (nSPS) is 11.1. The number of pyridine rings is 1. The van der Waals surface area contributed by atoms with Crippen LogP contribution in [0.3, 0.4) is 0 Å². The molecule has 7 nitrogen and oxygen atoms in total. The van der Waals surface area contributed by atoms with Gasteiger partial charge in [-0.15, -0.1) is 0 Å². The van der Waals surface area contributed by atoms with Gasteiger partial charge in [-0.2, -0.15) is 5.11 Å². The molecule has 0 aliphatic heterocycles. The lowest BCUT2D eigenvalue weighted by atomic mass is 10.0. The minimum atomic E-state index is -0.933. The highest BCUT2D eigenvalue weighted by atomic mass is 16.5. The smallest absolute Gasteiger partial charge is 0.335 e. The fourth-order valence-corrected chi connectivity index (χ4v) is 3.35. The van der Waals surface area contributed by atoms with Crippen LogP contribution in [0.5, 0.6) is 5.75 Å². The number of rotatable bonds is 13. The number of para-hydroxylation sites is 1. The Morgan fingerprint density at radius 1 is 1.00 bits per heavy atom. The molecule has 170 valence electrons. The molecular formula is C26H28N4O3. The maximum absolute atomic E-state index is 11.1. The lowest BCUT2D eigenvalue weighted by Gasteiger charge is -2.12. The molecule has 0 amide bonds. The van der Waals surface area contributed by atoms with Crippen LogP contribution in [0.25, 0.3) is 16.8 Å². The summed E-state index contributed by atoms with van der Waals surface area (Å²) < 4.78 is 6.01. The van der Waals surface area contributed by atoms with Crippen molar-refractivity contribution < 1.29 is 14.6 Å². The van der Waals surface area contributed by atoms with E-state index in [9.17, 15) is 4.79 Å². The van der Waals surface area contributed by atoms with E-state index in [1.54, 1.807) is 42.9 Å². The molecule has 0 atom stereocenters. The third-order valence-corrected chi connectivity index (χ3v) is 5.12. The van der Waals surface area contributed by atoms with Gasteiger partial charge in [0, 0.05) is 36.3 Å². The van der Waals surface area contributed by atoms with Crippen molar-refractivity contribution >= 4 is 11.7 Å². The largest absolute Gasteiger partial charge is 0.493 e. The molecule has 0 saturated heterocycles. The highest BCUT2D eigenvalue weighted by Crippen LogP contribution is 2.30. The number of nitrogens with one attached hydrogen (secondary N) is 2. The maximum Gasteiger partial charge on any atom is 0.335 e. The molecule has 33 heavy (non-hydrogen) atoms. The number of aromatic carboxylic acids is 1. The molecule has 3 aromatic rings. The summed E-state index contributed by atoms with van der Waals surface area (Å²) in [5, 5.41) is 15.8. The molecule has 7 heteroatoms. The molecule has 3 N–H and O–H groups in total. The number of carboxylic acid groups (broad SMARTS) is 1. The number of aromatic nitrogens is 1. The van der Waals surface area contributed by atoms with Crippen molar-refractivity contribution in [2.45, 2.75) is 25.7 Å². The Kier molecular flexibility index (Phi) is 9.15. The van der Waals surface area contributed by atoms with Gasteiger partial charge in [0.2, 0.25) is 0 Å². The van der Waals surface area contributed by atoms with E-state index in [0.717, 1.165) is 54.7 Å². The molecule has 0 spiro atoms. The first-order valence-electron chi connectivity index (χ1n) is 11.0. The van der Waals surface area contributed by atoms with Crippen LogP contribution in [0.2, 0.25) is 0 Å². The van der Waals surface area contributed by atoms with Gasteiger partial charge < -0.3 is 15.2 Å². The molecule has 1 heterocycles. The molecule has 0 bridgehead atoms. The fraction of sp³-hybridized carbons (Fsp3) is 0.231. The van der Waals surface area contributed by atoms with Crippen LogP contribution in [-0.4, -0.2) is 29.2 Å². The minimum absolute atomic E-state index is 0.268. The van der Waals surface area contributed by atoms with Gasteiger partial charge >= 0.3 is 5.97 Å². The zero-order valence-corrected chi connectivity index (χ0v) is 18.4. The summed E-state index contributed by atoms with van der Waals surface area (Å²) in [6, 6.07) is 18.3. The van der Waals surface area contributed by atoms with Crippen molar-refractivity contribution in [2.75, 3.05) is 13.2 Å². The van der Waals surface area contributed by atoms with Crippen LogP contribution in [-0.2, 0) is 0 Å². The summed E-state index contributed by atoms with van der Waals surface area (Å²) in [6.07, 6.45) is 9.23. The molecule has 2 aromatic carbocycles. The Labute approximate surface area is 193 Å². The average molecular weight is 445 g/mol. The number of hydrogen-bond acceptors (Lipinski definition) is 6. The Morgan fingerprint density at radius 2 is 1.79 bits per heavy atom. The number of unbranched alkanes of at least 4 members (excludes halogenated alkanes) is 3. The van der Waals surface area contributed by atoms with Crippen molar-refractivity contribution in [1.82, 2.24) is 10.3 Å². The quantitative estimate of drug-likeness (QED) is 0.221. The van der Waals surface area contributed by atoms with E-state index in [1.165, 1.54) is 0 Å². The number of benzene rings is 2. The standard InChI is InChI=1S/C26H28N4O3/c27-30-24(22-8-7-16-28-18-22)19-29-15-5-1-2-6-17-33-25-10-4-3-9-23(25)20-11-13-21(14-12-20)26(31)32/h3-4,7-14,16,18-19,27,29H,1-2,5-6,15,17H2,(H,31,32)/b24-19-,30-27?. The number of carbonyl (C=O) groups is 1. The topological polar surface area (TPSA) is 108 Å². The fourth-order valence-electron chi connectivity index (χ4n) is 3.35. The Hall–Kier alpha value is -4.00. The summed E-state index contributed by atoms with van der Waals surface area (Å²) in [6.45, 7) is 1.44. The molecule has 0 aliphatic carbocycles. The van der Waals surface area contributed by atoms with Crippen LogP contribution in [0, 0.1) is 5.53 Å². The number of ether oxygens (including phenoxy) is 1. The predicted octanol–water partition coefficient (Wildman–Crippen LogP) is 6.01. The van der Waals surface area contributed by atoms with Crippen LogP contribution in [0.1, 0.15) is 41.6 Å². The molecule has 0 unspecified atom stereocenters. The van der Waals surface area contributed by atoms with E-state index in [-0.39, 0.29) is 5.56 Å². The van der Waals surface area contributed by atoms with Gasteiger partial charge in [0.05, 0.1) is 12.2 Å². The maximum atomic E-state index is 11.1. The minimum Gasteiger partial charge on any atom is -0.493 e. The van der Waals surface area contributed by atoms with Crippen molar-refractivity contribution in [3.63, 3.8) is 0 Å². The van der Waals surface area contributed by atoms with Crippen LogP contribution < -0.4 is 10.1 Å². The monoisotopic (exact) mass is 444 g/mol. The zero-order chi connectivity index (χ0) is 23.3. The molecule has 0 radical (unpaired) electrons. The first kappa shape index (κ1) is 23.7. The van der Waals surface area contributed by atoms with Crippen molar-refractivity contribution in [2.24, 2.45) is 5.11 Å². The second-order valence-corrected chi connectivity index (χ2v) is 7.48. The van der Waals surface area contributed by atoms with E-state index in [1.807, 2.05) is 36.4 Å². The molecule has 1 aromatic heterocycles. The summed E-state index contributed by atoms with van der Waals surface area (Å²) in [5.41, 5.74) is 10.8. The van der Waals surface area contributed by atoms with E-state index in [2.05, 4.69) is 15.4 Å². The molecule has 3 rings (SSSR count). The van der Waals surface area contributed by atoms with Gasteiger partial charge in [0.1, 0.15) is 11.4 Å². The van der Waals surface area contributed by atoms with Gasteiger partial charge in [0.25, 0.3) is 0 Å². The number of carboxylic acids is 1. The van der Waals surface area contributed by atoms with E-state index < -0.39 is 5.97 Å². The van der Waals surface area contributed by atoms with Crippen LogP contribution >= 0.6 is 0 Å². The first-order valence-corrected chi connectivity index (χ1v) is 11.0. The van der Waals surface area contributed by atoms with E-state index in [0.29, 0.717) is 12.3 Å². The van der Waals surface area contributed by atoms with Crippen LogP contribution in [0.4, 0.5) is 0 Å². The molecule has 0 saturated carbocycles. The van der Waals surface area contributed by atoms with Gasteiger partial charge in [-0.25, -0.2) is 10.3 Å². The van der Waals surface area contributed by atoms with Crippen molar-refractivity contribution in [1.29, 1.82) is 5.53 Å². The third-order valence-electron chi connectivity index (χ3n) is 5.12. The Bertz CT molecular complexity index is 1070. The Morgan fingerprint density at radius 3 is 2.52 bits per heavy atom. The summed E-state index contributed by atoms with van der Waals surface area (Å²) in [4.78, 5) is 15.1. The average Bonchev–Trinajstić information content (AvgIpc) is 2.86. The van der Waals surface area contributed by atoms with Crippen molar-refractivity contribution in [3.05, 3.63) is 90.4 Å². The number of nitrogens with zero attached hydrogens (tertiary/aromatic N) is 2. The van der Waals surface area contributed by atoms with E-state index >= 15 is 0 Å². The number of hydrogen-bond donors (Lipinski definition) is 3. The highest BCUT2D eigenvalue weighted by Gasteiger charge is 2.08. The van der Waals surface area contributed by atoms with Gasteiger partial charge in [-0.3, -0.25) is 4.98 Å². The summed E-state index contributed by atoms with van der Waals surface area (Å²) in [5.74, 6) is -0.132. The molecule has 0 fully saturated rings. The lowest BCUT2D eigenvalue weighted by molar-refractivity contribution is 0.0697. The lowest BCUT2D eigenvalue weighted by Crippen LogP contribution is -2.08. The van der Waals surface area contributed by atoms with Gasteiger partial charge in [0.15, 0.2) is 0 Å². The zero-order valence-electron chi connectivity index (χ0n) is 18.4. The predicted molar refractivity (Wildman–Crippen MR) is 128 cm³/mol. The highest BCUT2D eigenvalue weighted by molar-refractivity contribution is 5.88. The first-order chi connectivity index (χ1) is 16.2. The second kappa shape index (κ2) is 12.8. The van der Waals surface area contributed by atoms with Crippen molar-refractivity contribution in [3.8, 4) is 16.9 Å². The third kappa shape index (κ3) is 7.28. The SMILES string of the molecule is N=N/C(=C\NCCCCCCOc1ccccc1-c1ccc(C(=O)O)cc1)c1cccnc1. The Balaban J connectivity index is 1.37. The summed E-state index contributed by atoms with van der Waals surface area (Å²) >= 11 is 0.